The normalized spacial score (nSPS) is 10.9. The Kier molecular flexibility index (Phi) is 4.22. The standard InChI is InChI=1S/C14H16F2N2O2/c1-4-17-9-7-11(14(15)16)18-10-5-8(19-2)6-12(20-3)13(9)10/h5-7,14H,4H2,1-3H3,(H,17,18). The number of pyridine rings is 1. The molecule has 0 aliphatic heterocycles. The fourth-order valence-corrected chi connectivity index (χ4v) is 2.05. The molecular weight excluding hydrogens is 266 g/mol. The Hall–Kier alpha value is -2.11. The van der Waals surface area contributed by atoms with Crippen LogP contribution in [0.5, 0.6) is 11.5 Å². The first-order valence-corrected chi connectivity index (χ1v) is 6.19. The van der Waals surface area contributed by atoms with Gasteiger partial charge in [-0.2, -0.15) is 0 Å². The van der Waals surface area contributed by atoms with E-state index < -0.39 is 6.43 Å². The molecule has 1 heterocycles. The van der Waals surface area contributed by atoms with Crippen molar-refractivity contribution in [3.8, 4) is 11.5 Å². The summed E-state index contributed by atoms with van der Waals surface area (Å²) in [6, 6.07) is 4.67. The third kappa shape index (κ3) is 2.59. The van der Waals surface area contributed by atoms with Crippen molar-refractivity contribution >= 4 is 16.6 Å². The average Bonchev–Trinajstić information content (AvgIpc) is 2.45. The second kappa shape index (κ2) is 5.90. The Labute approximate surface area is 115 Å². The van der Waals surface area contributed by atoms with E-state index >= 15 is 0 Å². The number of aromatic nitrogens is 1. The molecule has 1 N–H and O–H groups in total. The van der Waals surface area contributed by atoms with E-state index in [1.807, 2.05) is 6.92 Å². The van der Waals surface area contributed by atoms with E-state index in [0.717, 1.165) is 0 Å². The van der Waals surface area contributed by atoms with Crippen molar-refractivity contribution in [1.82, 2.24) is 4.98 Å². The summed E-state index contributed by atoms with van der Waals surface area (Å²) in [5.41, 5.74) is 0.714. The predicted octanol–water partition coefficient (Wildman–Crippen LogP) is 3.62. The zero-order valence-corrected chi connectivity index (χ0v) is 11.5. The summed E-state index contributed by atoms with van der Waals surface area (Å²) in [7, 11) is 3.02. The maximum atomic E-state index is 12.9. The summed E-state index contributed by atoms with van der Waals surface area (Å²) < 4.78 is 36.3. The van der Waals surface area contributed by atoms with Gasteiger partial charge in [0.1, 0.15) is 17.2 Å². The van der Waals surface area contributed by atoms with E-state index in [0.29, 0.717) is 34.6 Å². The van der Waals surface area contributed by atoms with Gasteiger partial charge in [0.05, 0.1) is 25.1 Å². The highest BCUT2D eigenvalue weighted by molar-refractivity contribution is 5.97. The van der Waals surface area contributed by atoms with Gasteiger partial charge in [0.2, 0.25) is 0 Å². The SMILES string of the molecule is CCNc1cc(C(F)F)nc2cc(OC)cc(OC)c12. The number of hydrogen-bond acceptors (Lipinski definition) is 4. The average molecular weight is 282 g/mol. The molecule has 0 aliphatic rings. The van der Waals surface area contributed by atoms with Gasteiger partial charge in [-0.3, -0.25) is 0 Å². The van der Waals surface area contributed by atoms with Crippen LogP contribution in [0.4, 0.5) is 14.5 Å². The van der Waals surface area contributed by atoms with Gasteiger partial charge >= 0.3 is 0 Å². The molecule has 20 heavy (non-hydrogen) atoms. The van der Waals surface area contributed by atoms with Crippen molar-refractivity contribution < 1.29 is 18.3 Å². The van der Waals surface area contributed by atoms with Gasteiger partial charge in [-0.25, -0.2) is 13.8 Å². The van der Waals surface area contributed by atoms with Crippen molar-refractivity contribution in [2.45, 2.75) is 13.3 Å². The number of rotatable bonds is 5. The molecule has 0 radical (unpaired) electrons. The van der Waals surface area contributed by atoms with Crippen LogP contribution in [-0.4, -0.2) is 25.7 Å². The Morgan fingerprint density at radius 2 is 1.95 bits per heavy atom. The van der Waals surface area contributed by atoms with E-state index in [4.69, 9.17) is 9.47 Å². The van der Waals surface area contributed by atoms with Crippen LogP contribution in [0.15, 0.2) is 18.2 Å². The van der Waals surface area contributed by atoms with E-state index in [-0.39, 0.29) is 5.69 Å². The lowest BCUT2D eigenvalue weighted by molar-refractivity contribution is 0.146. The zero-order chi connectivity index (χ0) is 14.7. The second-order valence-corrected chi connectivity index (χ2v) is 4.15. The molecule has 4 nitrogen and oxygen atoms in total. The zero-order valence-electron chi connectivity index (χ0n) is 11.5. The molecule has 0 aliphatic carbocycles. The number of alkyl halides is 2. The molecule has 0 bridgehead atoms. The topological polar surface area (TPSA) is 43.4 Å². The van der Waals surface area contributed by atoms with Crippen molar-refractivity contribution in [2.75, 3.05) is 26.1 Å². The monoisotopic (exact) mass is 282 g/mol. The van der Waals surface area contributed by atoms with Crippen LogP contribution in [0.3, 0.4) is 0 Å². The van der Waals surface area contributed by atoms with Gasteiger partial charge < -0.3 is 14.8 Å². The number of methoxy groups -OCH3 is 2. The highest BCUT2D eigenvalue weighted by Gasteiger charge is 2.17. The number of ether oxygens (including phenoxy) is 2. The van der Waals surface area contributed by atoms with Gasteiger partial charge in [-0.1, -0.05) is 0 Å². The number of halogens is 2. The predicted molar refractivity (Wildman–Crippen MR) is 74.0 cm³/mol. The second-order valence-electron chi connectivity index (χ2n) is 4.15. The lowest BCUT2D eigenvalue weighted by Gasteiger charge is -2.14. The third-order valence-corrected chi connectivity index (χ3v) is 2.91. The summed E-state index contributed by atoms with van der Waals surface area (Å²) in [6.07, 6.45) is -2.63. The van der Waals surface area contributed by atoms with Gasteiger partial charge in [-0.05, 0) is 13.0 Å². The van der Waals surface area contributed by atoms with Crippen molar-refractivity contribution in [2.24, 2.45) is 0 Å². The molecule has 1 aromatic heterocycles. The Morgan fingerprint density at radius 3 is 2.50 bits per heavy atom. The quantitative estimate of drug-likeness (QED) is 0.909. The first-order chi connectivity index (χ1) is 9.60. The maximum Gasteiger partial charge on any atom is 0.280 e. The van der Waals surface area contributed by atoms with Crippen LogP contribution in [-0.2, 0) is 0 Å². The van der Waals surface area contributed by atoms with Gasteiger partial charge in [0, 0.05) is 24.4 Å². The summed E-state index contributed by atoms with van der Waals surface area (Å²) in [5, 5.41) is 3.73. The number of hydrogen-bond donors (Lipinski definition) is 1. The lowest BCUT2D eigenvalue weighted by Crippen LogP contribution is -2.02. The minimum atomic E-state index is -2.63. The molecule has 0 saturated carbocycles. The summed E-state index contributed by atoms with van der Waals surface area (Å²) >= 11 is 0. The summed E-state index contributed by atoms with van der Waals surface area (Å²) in [4.78, 5) is 3.98. The molecule has 1 aromatic carbocycles. The Morgan fingerprint density at radius 1 is 1.20 bits per heavy atom. The Balaban J connectivity index is 2.77. The molecule has 0 amide bonds. The minimum Gasteiger partial charge on any atom is -0.497 e. The lowest BCUT2D eigenvalue weighted by atomic mass is 10.1. The van der Waals surface area contributed by atoms with Gasteiger partial charge in [-0.15, -0.1) is 0 Å². The molecule has 6 heteroatoms. The molecule has 108 valence electrons. The van der Waals surface area contributed by atoms with Crippen LogP contribution < -0.4 is 14.8 Å². The van der Waals surface area contributed by atoms with E-state index in [2.05, 4.69) is 10.3 Å². The molecular formula is C14H16F2N2O2. The number of anilines is 1. The number of nitrogens with one attached hydrogen (secondary N) is 1. The highest BCUT2D eigenvalue weighted by Crippen LogP contribution is 2.37. The molecule has 0 unspecified atom stereocenters. The van der Waals surface area contributed by atoms with Crippen LogP contribution in [0.1, 0.15) is 19.0 Å². The largest absolute Gasteiger partial charge is 0.497 e. The van der Waals surface area contributed by atoms with E-state index in [9.17, 15) is 8.78 Å². The maximum absolute atomic E-state index is 12.9. The van der Waals surface area contributed by atoms with Crippen molar-refractivity contribution in [1.29, 1.82) is 0 Å². The first kappa shape index (κ1) is 14.3. The van der Waals surface area contributed by atoms with E-state index in [1.54, 1.807) is 12.1 Å². The highest BCUT2D eigenvalue weighted by atomic mass is 19.3. The summed E-state index contributed by atoms with van der Waals surface area (Å²) in [6.45, 7) is 2.50. The van der Waals surface area contributed by atoms with Crippen LogP contribution in [0, 0.1) is 0 Å². The van der Waals surface area contributed by atoms with Crippen LogP contribution >= 0.6 is 0 Å². The van der Waals surface area contributed by atoms with Gasteiger partial charge in [0.15, 0.2) is 0 Å². The molecule has 0 spiro atoms. The number of nitrogens with zero attached hydrogens (tertiary/aromatic N) is 1. The molecule has 0 saturated heterocycles. The molecule has 0 fully saturated rings. The first-order valence-electron chi connectivity index (χ1n) is 6.19. The van der Waals surface area contributed by atoms with Gasteiger partial charge in [0.25, 0.3) is 6.43 Å². The molecule has 2 rings (SSSR count). The fourth-order valence-electron chi connectivity index (χ4n) is 2.05. The fraction of sp³-hybridized carbons (Fsp3) is 0.357. The number of fused-ring (bicyclic) bond motifs is 1. The Bertz CT molecular complexity index is 618. The van der Waals surface area contributed by atoms with Crippen LogP contribution in [0.25, 0.3) is 10.9 Å². The molecule has 0 atom stereocenters. The third-order valence-electron chi connectivity index (χ3n) is 2.91. The van der Waals surface area contributed by atoms with Crippen molar-refractivity contribution in [3.63, 3.8) is 0 Å². The summed E-state index contributed by atoms with van der Waals surface area (Å²) in [5.74, 6) is 1.04. The molecule has 2 aromatic rings. The minimum absolute atomic E-state index is 0.274. The van der Waals surface area contributed by atoms with E-state index in [1.165, 1.54) is 20.3 Å². The number of benzene rings is 1. The van der Waals surface area contributed by atoms with Crippen molar-refractivity contribution in [3.05, 3.63) is 23.9 Å². The smallest absolute Gasteiger partial charge is 0.280 e. The van der Waals surface area contributed by atoms with Crippen LogP contribution in [0.2, 0.25) is 0 Å².